The molecule has 0 bridgehead atoms. The topological polar surface area (TPSA) is 44.8 Å². The van der Waals surface area contributed by atoms with Gasteiger partial charge in [-0.25, -0.2) is 4.79 Å². The fraction of sp³-hybridized carbons (Fsp3) is 0.458. The summed E-state index contributed by atoms with van der Waals surface area (Å²) in [6.07, 6.45) is 0.395. The summed E-state index contributed by atoms with van der Waals surface area (Å²) in [6.45, 7) is 6.88. The molecule has 0 saturated carbocycles. The second-order valence-corrected chi connectivity index (χ2v) is 12.6. The first-order chi connectivity index (χ1) is 14.0. The van der Waals surface area contributed by atoms with Crippen molar-refractivity contribution in [2.75, 3.05) is 6.61 Å². The Morgan fingerprint density at radius 2 is 1.45 bits per heavy atom. The first-order valence-corrected chi connectivity index (χ1v) is 13.2. The van der Waals surface area contributed by atoms with Crippen LogP contribution < -0.4 is 0 Å². The predicted molar refractivity (Wildman–Crippen MR) is 117 cm³/mol. The molecule has 1 saturated heterocycles. The molecule has 1 aliphatic heterocycles. The third-order valence-corrected chi connectivity index (χ3v) is 10.6. The van der Waals surface area contributed by atoms with Crippen molar-refractivity contribution in [3.8, 4) is 0 Å². The van der Waals surface area contributed by atoms with Crippen LogP contribution in [0.3, 0.4) is 0 Å². The Balaban J connectivity index is 1.80. The first-order valence-electron chi connectivity index (χ1n) is 10.7. The molecule has 29 heavy (non-hydrogen) atoms. The fourth-order valence-electron chi connectivity index (χ4n) is 3.95. The summed E-state index contributed by atoms with van der Waals surface area (Å²) in [7, 11) is -1.84. The molecule has 0 spiro atoms. The highest BCUT2D eigenvalue weighted by atomic mass is 28.4. The summed E-state index contributed by atoms with van der Waals surface area (Å²) in [5, 5.41) is 0. The smallest absolute Gasteiger partial charge is 0.338 e. The lowest BCUT2D eigenvalue weighted by Crippen LogP contribution is -2.46. The van der Waals surface area contributed by atoms with E-state index < -0.39 is 20.2 Å². The summed E-state index contributed by atoms with van der Waals surface area (Å²) >= 11 is 0. The van der Waals surface area contributed by atoms with E-state index in [9.17, 15) is 4.79 Å². The molecule has 1 fully saturated rings. The third kappa shape index (κ3) is 5.35. The highest BCUT2D eigenvalue weighted by molar-refractivity contribution is 6.73. The Morgan fingerprint density at radius 3 is 2.00 bits per heavy atom. The zero-order valence-corrected chi connectivity index (χ0v) is 18.7. The maximum absolute atomic E-state index is 12.7. The standard InChI is InChI=1S/C24H32O4Si/c1-4-29(5-2,6-3)26-19-24(18-21-15-11-8-12-16-21)27-22(23(25)28-24)17-20-13-9-7-10-14-20/h7-16,22H,4-6,17-19H2,1-3H3/t22-,24+/m1/s1. The van der Waals surface area contributed by atoms with Crippen LogP contribution in [0.15, 0.2) is 60.7 Å². The van der Waals surface area contributed by atoms with Gasteiger partial charge in [0.15, 0.2) is 14.4 Å². The molecule has 0 aliphatic carbocycles. The van der Waals surface area contributed by atoms with Gasteiger partial charge in [0, 0.05) is 12.8 Å². The average Bonchev–Trinajstić information content (AvgIpc) is 3.06. The van der Waals surface area contributed by atoms with Crippen molar-refractivity contribution in [2.45, 2.75) is 63.6 Å². The third-order valence-electron chi connectivity index (χ3n) is 6.02. The summed E-state index contributed by atoms with van der Waals surface area (Å²) in [6, 6.07) is 23.1. The number of hydrogen-bond acceptors (Lipinski definition) is 4. The Morgan fingerprint density at radius 1 is 0.897 bits per heavy atom. The van der Waals surface area contributed by atoms with Crippen molar-refractivity contribution in [2.24, 2.45) is 0 Å². The second kappa shape index (κ2) is 9.70. The Kier molecular flexibility index (Phi) is 7.27. The van der Waals surface area contributed by atoms with Crippen molar-refractivity contribution in [3.05, 3.63) is 71.8 Å². The zero-order chi connectivity index (χ0) is 20.7. The van der Waals surface area contributed by atoms with Gasteiger partial charge >= 0.3 is 5.97 Å². The lowest BCUT2D eigenvalue weighted by Gasteiger charge is -2.34. The number of carbonyl (C=O) groups excluding carboxylic acids is 1. The minimum atomic E-state index is -1.84. The van der Waals surface area contributed by atoms with Crippen LogP contribution in [0, 0.1) is 0 Å². The van der Waals surface area contributed by atoms with Gasteiger partial charge in [0.05, 0.1) is 0 Å². The Labute approximate surface area is 175 Å². The van der Waals surface area contributed by atoms with Crippen LogP contribution in [-0.2, 0) is 31.5 Å². The molecule has 156 valence electrons. The summed E-state index contributed by atoms with van der Waals surface area (Å²) < 4.78 is 18.7. The number of rotatable bonds is 10. The molecule has 2 atom stereocenters. The minimum absolute atomic E-state index is 0.292. The van der Waals surface area contributed by atoms with Gasteiger partial charge in [0.1, 0.15) is 6.61 Å². The molecule has 2 aromatic rings. The Bertz CT molecular complexity index is 768. The number of hydrogen-bond donors (Lipinski definition) is 0. The van der Waals surface area contributed by atoms with E-state index in [0.717, 1.165) is 29.3 Å². The monoisotopic (exact) mass is 412 g/mol. The second-order valence-electron chi connectivity index (χ2n) is 7.82. The summed E-state index contributed by atoms with van der Waals surface area (Å²) in [5.74, 6) is -1.36. The molecule has 4 nitrogen and oxygen atoms in total. The van der Waals surface area contributed by atoms with Gasteiger partial charge in [-0.3, -0.25) is 0 Å². The van der Waals surface area contributed by atoms with Gasteiger partial charge in [-0.15, -0.1) is 0 Å². The van der Waals surface area contributed by atoms with Gasteiger partial charge in [-0.1, -0.05) is 81.4 Å². The summed E-state index contributed by atoms with van der Waals surface area (Å²) in [4.78, 5) is 12.7. The van der Waals surface area contributed by atoms with Gasteiger partial charge in [0.2, 0.25) is 5.79 Å². The van der Waals surface area contributed by atoms with Crippen molar-refractivity contribution >= 4 is 14.3 Å². The molecule has 3 rings (SSSR count). The molecule has 5 heteroatoms. The van der Waals surface area contributed by atoms with Crippen molar-refractivity contribution in [1.29, 1.82) is 0 Å². The average molecular weight is 413 g/mol. The van der Waals surface area contributed by atoms with Gasteiger partial charge < -0.3 is 13.9 Å². The van der Waals surface area contributed by atoms with Crippen LogP contribution >= 0.6 is 0 Å². The number of esters is 1. The predicted octanol–water partition coefficient (Wildman–Crippen LogP) is 5.13. The van der Waals surface area contributed by atoms with Gasteiger partial charge in [-0.05, 0) is 29.3 Å². The van der Waals surface area contributed by atoms with Crippen LogP contribution in [0.5, 0.6) is 0 Å². The normalized spacial score (nSPS) is 21.9. The molecule has 0 aromatic heterocycles. The van der Waals surface area contributed by atoms with Crippen LogP contribution in [0.4, 0.5) is 0 Å². The lowest BCUT2D eigenvalue weighted by molar-refractivity contribution is -0.192. The van der Waals surface area contributed by atoms with Crippen molar-refractivity contribution in [1.82, 2.24) is 0 Å². The van der Waals surface area contributed by atoms with Crippen LogP contribution in [0.1, 0.15) is 31.9 Å². The number of benzene rings is 2. The molecule has 0 N–H and O–H groups in total. The number of carbonyl (C=O) groups is 1. The molecular formula is C24H32O4Si. The maximum atomic E-state index is 12.7. The highest BCUT2D eigenvalue weighted by Crippen LogP contribution is 2.33. The van der Waals surface area contributed by atoms with Crippen LogP contribution in [0.2, 0.25) is 18.1 Å². The Hall–Kier alpha value is -1.95. The zero-order valence-electron chi connectivity index (χ0n) is 17.7. The van der Waals surface area contributed by atoms with Crippen LogP contribution in [0.25, 0.3) is 0 Å². The SMILES string of the molecule is CC[Si](CC)(CC)OC[C@]1(Cc2ccccc2)OC(=O)[C@@H](Cc2ccccc2)O1. The molecule has 0 amide bonds. The molecule has 1 aliphatic rings. The highest BCUT2D eigenvalue weighted by Gasteiger charge is 2.49. The van der Waals surface area contributed by atoms with E-state index in [0.29, 0.717) is 19.4 Å². The summed E-state index contributed by atoms with van der Waals surface area (Å²) in [5.41, 5.74) is 2.13. The minimum Gasteiger partial charge on any atom is -0.428 e. The number of cyclic esters (lactones) is 1. The van der Waals surface area contributed by atoms with Gasteiger partial charge in [0.25, 0.3) is 0 Å². The number of ether oxygens (including phenoxy) is 2. The molecule has 0 radical (unpaired) electrons. The largest absolute Gasteiger partial charge is 0.428 e. The van der Waals surface area contributed by atoms with Crippen LogP contribution in [-0.4, -0.2) is 32.8 Å². The maximum Gasteiger partial charge on any atom is 0.338 e. The van der Waals surface area contributed by atoms with E-state index in [-0.39, 0.29) is 5.97 Å². The fourth-order valence-corrected chi connectivity index (χ4v) is 6.59. The first kappa shape index (κ1) is 21.7. The van der Waals surface area contributed by atoms with E-state index in [1.165, 1.54) is 0 Å². The van der Waals surface area contributed by atoms with E-state index in [2.05, 4.69) is 20.8 Å². The molecule has 2 aromatic carbocycles. The van der Waals surface area contributed by atoms with Crippen molar-refractivity contribution in [3.63, 3.8) is 0 Å². The molecular weight excluding hydrogens is 380 g/mol. The van der Waals surface area contributed by atoms with Crippen molar-refractivity contribution < 1.29 is 18.7 Å². The van der Waals surface area contributed by atoms with E-state index in [1.807, 2.05) is 60.7 Å². The van der Waals surface area contributed by atoms with Gasteiger partial charge in [-0.2, -0.15) is 0 Å². The van der Waals surface area contributed by atoms with E-state index in [1.54, 1.807) is 0 Å². The quantitative estimate of drug-likeness (QED) is 0.401. The van der Waals surface area contributed by atoms with E-state index >= 15 is 0 Å². The molecule has 1 heterocycles. The molecule has 0 unspecified atom stereocenters. The van der Waals surface area contributed by atoms with E-state index in [4.69, 9.17) is 13.9 Å². The lowest BCUT2D eigenvalue weighted by atomic mass is 10.1.